The molecule has 0 spiro atoms. The monoisotopic (exact) mass is 393 g/mol. The molecule has 0 fully saturated rings. The molecule has 2 N–H and O–H groups in total. The summed E-state index contributed by atoms with van der Waals surface area (Å²) in [5.74, 6) is 1.79. The number of ether oxygens (including phenoxy) is 2. The summed E-state index contributed by atoms with van der Waals surface area (Å²) < 4.78 is 25.3. The number of halogens is 2. The van der Waals surface area contributed by atoms with Crippen LogP contribution in [0.15, 0.2) is 45.9 Å². The van der Waals surface area contributed by atoms with Gasteiger partial charge in [0.05, 0.1) is 4.47 Å². The average molecular weight is 394 g/mol. The molecular formula is C17H17BrFN3O2. The van der Waals surface area contributed by atoms with Gasteiger partial charge in [0.25, 0.3) is 0 Å². The number of benzene rings is 2. The minimum atomic E-state index is -0.236. The molecule has 5 nitrogen and oxygen atoms in total. The van der Waals surface area contributed by atoms with Crippen LogP contribution < -0.4 is 20.1 Å². The average Bonchev–Trinajstić information content (AvgIpc) is 3.05. The van der Waals surface area contributed by atoms with Crippen LogP contribution in [0.25, 0.3) is 0 Å². The zero-order valence-electron chi connectivity index (χ0n) is 13.1. The van der Waals surface area contributed by atoms with E-state index in [4.69, 9.17) is 9.47 Å². The summed E-state index contributed by atoms with van der Waals surface area (Å²) in [6, 6.07) is 10.5. The van der Waals surface area contributed by atoms with Crippen molar-refractivity contribution in [2.24, 2.45) is 4.99 Å². The van der Waals surface area contributed by atoms with Crippen LogP contribution in [0, 0.1) is 5.82 Å². The topological polar surface area (TPSA) is 54.9 Å². The Morgan fingerprint density at radius 1 is 1.21 bits per heavy atom. The van der Waals surface area contributed by atoms with Crippen LogP contribution in [0.2, 0.25) is 0 Å². The normalized spacial score (nSPS) is 13.0. The van der Waals surface area contributed by atoms with Gasteiger partial charge < -0.3 is 20.1 Å². The third-order valence-electron chi connectivity index (χ3n) is 3.57. The van der Waals surface area contributed by atoms with Crippen LogP contribution in [-0.2, 0) is 13.1 Å². The standard InChI is InChI=1S/C17H17BrFN3O2/c1-20-17(22-9-12-4-2-3-5-14(12)19)21-8-11-6-13(18)16-15(7-11)23-10-24-16/h2-7H,8-10H2,1H3,(H2,20,21,22). The van der Waals surface area contributed by atoms with Gasteiger partial charge in [-0.25, -0.2) is 4.39 Å². The van der Waals surface area contributed by atoms with Gasteiger partial charge in [0, 0.05) is 25.7 Å². The van der Waals surface area contributed by atoms with Gasteiger partial charge in [-0.05, 0) is 39.7 Å². The molecule has 2 aromatic carbocycles. The minimum absolute atomic E-state index is 0.233. The first-order valence-electron chi connectivity index (χ1n) is 7.43. The Balaban J connectivity index is 1.59. The van der Waals surface area contributed by atoms with Crippen molar-refractivity contribution in [2.75, 3.05) is 13.8 Å². The van der Waals surface area contributed by atoms with Gasteiger partial charge in [0.1, 0.15) is 5.82 Å². The van der Waals surface area contributed by atoms with Gasteiger partial charge in [-0.2, -0.15) is 0 Å². The number of nitrogens with zero attached hydrogens (tertiary/aromatic N) is 1. The van der Waals surface area contributed by atoms with Gasteiger partial charge in [0.2, 0.25) is 6.79 Å². The molecular weight excluding hydrogens is 377 g/mol. The van der Waals surface area contributed by atoms with E-state index in [0.717, 1.165) is 21.5 Å². The van der Waals surface area contributed by atoms with Crippen molar-refractivity contribution in [3.8, 4) is 11.5 Å². The van der Waals surface area contributed by atoms with E-state index < -0.39 is 0 Å². The van der Waals surface area contributed by atoms with E-state index in [-0.39, 0.29) is 12.6 Å². The van der Waals surface area contributed by atoms with Gasteiger partial charge in [-0.1, -0.05) is 18.2 Å². The van der Waals surface area contributed by atoms with Crippen LogP contribution in [0.3, 0.4) is 0 Å². The fourth-order valence-electron chi connectivity index (χ4n) is 2.35. The second kappa shape index (κ2) is 7.53. The van der Waals surface area contributed by atoms with E-state index >= 15 is 0 Å². The number of hydrogen-bond acceptors (Lipinski definition) is 3. The first kappa shape index (κ1) is 16.6. The molecule has 3 rings (SSSR count). The van der Waals surface area contributed by atoms with Crippen molar-refractivity contribution < 1.29 is 13.9 Å². The largest absolute Gasteiger partial charge is 0.454 e. The van der Waals surface area contributed by atoms with Gasteiger partial charge in [-0.3, -0.25) is 4.99 Å². The molecule has 0 radical (unpaired) electrons. The number of hydrogen-bond donors (Lipinski definition) is 2. The summed E-state index contributed by atoms with van der Waals surface area (Å²) in [5, 5.41) is 6.29. The highest BCUT2D eigenvalue weighted by molar-refractivity contribution is 9.10. The molecule has 7 heteroatoms. The van der Waals surface area contributed by atoms with Crippen LogP contribution in [-0.4, -0.2) is 19.8 Å². The van der Waals surface area contributed by atoms with Crippen LogP contribution in [0.4, 0.5) is 4.39 Å². The van der Waals surface area contributed by atoms with Crippen LogP contribution in [0.5, 0.6) is 11.5 Å². The highest BCUT2D eigenvalue weighted by Gasteiger charge is 2.17. The SMILES string of the molecule is CN=C(NCc1cc(Br)c2c(c1)OCO2)NCc1ccccc1F. The maximum absolute atomic E-state index is 13.6. The Morgan fingerprint density at radius 3 is 2.79 bits per heavy atom. The summed E-state index contributed by atoms with van der Waals surface area (Å²) in [4.78, 5) is 4.15. The van der Waals surface area contributed by atoms with Gasteiger partial charge in [0.15, 0.2) is 17.5 Å². The highest BCUT2D eigenvalue weighted by atomic mass is 79.9. The lowest BCUT2D eigenvalue weighted by atomic mass is 10.2. The maximum Gasteiger partial charge on any atom is 0.231 e. The molecule has 24 heavy (non-hydrogen) atoms. The predicted octanol–water partition coefficient (Wildman–Crippen LogP) is 3.18. The molecule has 0 bridgehead atoms. The van der Waals surface area contributed by atoms with Gasteiger partial charge in [-0.15, -0.1) is 0 Å². The number of fused-ring (bicyclic) bond motifs is 1. The Kier molecular flexibility index (Phi) is 5.20. The molecule has 0 atom stereocenters. The number of nitrogens with one attached hydrogen (secondary N) is 2. The lowest BCUT2D eigenvalue weighted by Gasteiger charge is -2.13. The molecule has 0 aliphatic carbocycles. The Hall–Kier alpha value is -2.28. The molecule has 0 amide bonds. The molecule has 0 unspecified atom stereocenters. The number of aliphatic imine (C=N–C) groups is 1. The maximum atomic E-state index is 13.6. The predicted molar refractivity (Wildman–Crippen MR) is 93.7 cm³/mol. The molecule has 0 aromatic heterocycles. The molecule has 126 valence electrons. The quantitative estimate of drug-likeness (QED) is 0.618. The van der Waals surface area contributed by atoms with E-state index in [1.807, 2.05) is 12.1 Å². The van der Waals surface area contributed by atoms with E-state index in [9.17, 15) is 4.39 Å². The fraction of sp³-hybridized carbons (Fsp3) is 0.235. The highest BCUT2D eigenvalue weighted by Crippen LogP contribution is 2.39. The van der Waals surface area contributed by atoms with Crippen molar-refractivity contribution in [1.82, 2.24) is 10.6 Å². The summed E-state index contributed by atoms with van der Waals surface area (Å²) in [5.41, 5.74) is 1.60. The first-order valence-corrected chi connectivity index (χ1v) is 8.22. The van der Waals surface area contributed by atoms with Crippen molar-refractivity contribution in [3.63, 3.8) is 0 Å². The van der Waals surface area contributed by atoms with E-state index in [1.54, 1.807) is 25.2 Å². The van der Waals surface area contributed by atoms with E-state index in [2.05, 4.69) is 31.6 Å². The van der Waals surface area contributed by atoms with E-state index in [1.165, 1.54) is 6.07 Å². The Bertz CT molecular complexity index is 767. The molecule has 0 saturated carbocycles. The third kappa shape index (κ3) is 3.79. The number of rotatable bonds is 4. The minimum Gasteiger partial charge on any atom is -0.454 e. The number of guanidine groups is 1. The third-order valence-corrected chi connectivity index (χ3v) is 4.16. The summed E-state index contributed by atoms with van der Waals surface area (Å²) in [6.07, 6.45) is 0. The zero-order chi connectivity index (χ0) is 16.9. The molecule has 1 aliphatic rings. The molecule has 1 aliphatic heterocycles. The summed E-state index contributed by atoms with van der Waals surface area (Å²) >= 11 is 3.47. The lowest BCUT2D eigenvalue weighted by Crippen LogP contribution is -2.36. The Morgan fingerprint density at radius 2 is 2.00 bits per heavy atom. The van der Waals surface area contributed by atoms with Crippen LogP contribution in [0.1, 0.15) is 11.1 Å². The second-order valence-electron chi connectivity index (χ2n) is 5.18. The van der Waals surface area contributed by atoms with Crippen molar-refractivity contribution >= 4 is 21.9 Å². The summed E-state index contributed by atoms with van der Waals surface area (Å²) in [6.45, 7) is 1.14. The molecule has 0 saturated heterocycles. The van der Waals surface area contributed by atoms with Gasteiger partial charge >= 0.3 is 0 Å². The Labute approximate surface area is 148 Å². The van der Waals surface area contributed by atoms with E-state index in [0.29, 0.717) is 24.6 Å². The fourth-order valence-corrected chi connectivity index (χ4v) is 2.95. The smallest absolute Gasteiger partial charge is 0.231 e. The van der Waals surface area contributed by atoms with Crippen LogP contribution >= 0.6 is 15.9 Å². The lowest BCUT2D eigenvalue weighted by molar-refractivity contribution is 0.173. The zero-order valence-corrected chi connectivity index (χ0v) is 14.7. The first-order chi connectivity index (χ1) is 11.7. The second-order valence-corrected chi connectivity index (χ2v) is 6.04. The summed E-state index contributed by atoms with van der Waals surface area (Å²) in [7, 11) is 1.67. The molecule has 1 heterocycles. The van der Waals surface area contributed by atoms with Crippen molar-refractivity contribution in [2.45, 2.75) is 13.1 Å². The molecule has 2 aromatic rings. The van der Waals surface area contributed by atoms with Crippen molar-refractivity contribution in [1.29, 1.82) is 0 Å². The van der Waals surface area contributed by atoms with Crippen molar-refractivity contribution in [3.05, 3.63) is 57.8 Å².